The van der Waals surface area contributed by atoms with Gasteiger partial charge >= 0.3 is 0 Å². The summed E-state index contributed by atoms with van der Waals surface area (Å²) in [6, 6.07) is 10.0. The Morgan fingerprint density at radius 3 is 2.80 bits per heavy atom. The van der Waals surface area contributed by atoms with E-state index in [-0.39, 0.29) is 12.5 Å². The van der Waals surface area contributed by atoms with Crippen LogP contribution in [-0.4, -0.2) is 42.1 Å². The summed E-state index contributed by atoms with van der Waals surface area (Å²) in [7, 11) is 0. The molecule has 3 rings (SSSR count). The summed E-state index contributed by atoms with van der Waals surface area (Å²) in [5.74, 6) is 1.20. The Morgan fingerprint density at radius 1 is 1.32 bits per heavy atom. The van der Waals surface area contributed by atoms with Gasteiger partial charge in [0.05, 0.1) is 11.5 Å². The SMILES string of the molecule is Cc1ccsc1C(=O)[C@@H]1CCCN(Cc2ccc(OCCO)cc2)C1. The first-order valence-electron chi connectivity index (χ1n) is 8.80. The molecule has 1 atom stereocenters. The van der Waals surface area contributed by atoms with Crippen molar-refractivity contribution in [1.29, 1.82) is 0 Å². The molecule has 0 amide bonds. The van der Waals surface area contributed by atoms with Gasteiger partial charge in [-0.2, -0.15) is 0 Å². The fourth-order valence-electron chi connectivity index (χ4n) is 3.34. The average Bonchev–Trinajstić information content (AvgIpc) is 3.07. The van der Waals surface area contributed by atoms with Crippen molar-refractivity contribution in [3.05, 3.63) is 51.7 Å². The number of aryl methyl sites for hydroxylation is 1. The minimum absolute atomic E-state index is 0.0225. The maximum Gasteiger partial charge on any atom is 0.177 e. The lowest BCUT2D eigenvalue weighted by Crippen LogP contribution is -2.38. The first-order valence-corrected chi connectivity index (χ1v) is 9.68. The average molecular weight is 359 g/mol. The molecule has 0 saturated carbocycles. The van der Waals surface area contributed by atoms with E-state index < -0.39 is 0 Å². The summed E-state index contributed by atoms with van der Waals surface area (Å²) in [6.45, 7) is 5.08. The van der Waals surface area contributed by atoms with Gasteiger partial charge in [0.15, 0.2) is 5.78 Å². The topological polar surface area (TPSA) is 49.8 Å². The number of nitrogens with zero attached hydrogens (tertiary/aromatic N) is 1. The van der Waals surface area contributed by atoms with Crippen molar-refractivity contribution >= 4 is 17.1 Å². The number of ether oxygens (including phenoxy) is 1. The lowest BCUT2D eigenvalue weighted by molar-refractivity contribution is 0.0815. The lowest BCUT2D eigenvalue weighted by Gasteiger charge is -2.32. The smallest absolute Gasteiger partial charge is 0.177 e. The van der Waals surface area contributed by atoms with Crippen LogP contribution in [0.25, 0.3) is 0 Å². The number of likely N-dealkylation sites (tertiary alicyclic amines) is 1. The summed E-state index contributed by atoms with van der Waals surface area (Å²) in [6.07, 6.45) is 2.05. The fraction of sp³-hybridized carbons (Fsp3) is 0.450. The van der Waals surface area contributed by atoms with Gasteiger partial charge in [-0.25, -0.2) is 0 Å². The molecule has 1 aliphatic heterocycles. The standard InChI is InChI=1S/C20H25NO3S/c1-15-8-12-25-20(15)19(23)17-3-2-9-21(14-17)13-16-4-6-18(7-5-16)24-11-10-22/h4-8,12,17,22H,2-3,9-11,13-14H2,1H3/t17-/m1/s1. The molecule has 0 radical (unpaired) electrons. The molecule has 1 aromatic carbocycles. The third-order valence-electron chi connectivity index (χ3n) is 4.65. The summed E-state index contributed by atoms with van der Waals surface area (Å²) in [5, 5.41) is 10.8. The molecule has 4 nitrogen and oxygen atoms in total. The van der Waals surface area contributed by atoms with Crippen molar-refractivity contribution < 1.29 is 14.6 Å². The number of Topliss-reactive ketones (excluding diaryl/α,β-unsaturated/α-hetero) is 1. The van der Waals surface area contributed by atoms with E-state index >= 15 is 0 Å². The fourth-order valence-corrected chi connectivity index (χ4v) is 4.28. The van der Waals surface area contributed by atoms with Crippen LogP contribution in [0.2, 0.25) is 0 Å². The Labute approximate surface area is 153 Å². The molecular weight excluding hydrogens is 334 g/mol. The zero-order valence-corrected chi connectivity index (χ0v) is 15.4. The largest absolute Gasteiger partial charge is 0.491 e. The van der Waals surface area contributed by atoms with E-state index in [9.17, 15) is 4.79 Å². The van der Waals surface area contributed by atoms with Crippen LogP contribution in [0.4, 0.5) is 0 Å². The number of rotatable bonds is 7. The zero-order valence-electron chi connectivity index (χ0n) is 14.6. The second kappa shape index (κ2) is 8.61. The molecule has 0 spiro atoms. The molecule has 1 fully saturated rings. The monoisotopic (exact) mass is 359 g/mol. The summed E-state index contributed by atoms with van der Waals surface area (Å²) < 4.78 is 5.39. The third kappa shape index (κ3) is 4.69. The second-order valence-corrected chi connectivity index (χ2v) is 7.50. The van der Waals surface area contributed by atoms with Gasteiger partial charge in [0.25, 0.3) is 0 Å². The molecule has 1 aromatic heterocycles. The highest BCUT2D eigenvalue weighted by Gasteiger charge is 2.28. The number of carbonyl (C=O) groups excluding carboxylic acids is 1. The van der Waals surface area contributed by atoms with E-state index in [0.29, 0.717) is 12.4 Å². The number of carbonyl (C=O) groups is 1. The zero-order chi connectivity index (χ0) is 17.6. The Kier molecular flexibility index (Phi) is 6.24. The van der Waals surface area contributed by atoms with E-state index in [1.54, 1.807) is 11.3 Å². The molecule has 25 heavy (non-hydrogen) atoms. The van der Waals surface area contributed by atoms with Crippen LogP contribution in [0.15, 0.2) is 35.7 Å². The minimum Gasteiger partial charge on any atom is -0.491 e. The van der Waals surface area contributed by atoms with Gasteiger partial charge in [-0.15, -0.1) is 11.3 Å². The van der Waals surface area contributed by atoms with Crippen molar-refractivity contribution in [3.63, 3.8) is 0 Å². The Morgan fingerprint density at radius 2 is 2.12 bits per heavy atom. The van der Waals surface area contributed by atoms with Gasteiger partial charge in [-0.1, -0.05) is 12.1 Å². The van der Waals surface area contributed by atoms with Gasteiger partial charge in [0, 0.05) is 19.0 Å². The Hall–Kier alpha value is -1.69. The van der Waals surface area contributed by atoms with Gasteiger partial charge < -0.3 is 9.84 Å². The molecule has 2 aromatic rings. The molecule has 0 bridgehead atoms. The Balaban J connectivity index is 1.58. The Bertz CT molecular complexity index is 695. The van der Waals surface area contributed by atoms with Crippen LogP contribution >= 0.6 is 11.3 Å². The van der Waals surface area contributed by atoms with E-state index in [4.69, 9.17) is 9.84 Å². The number of benzene rings is 1. The maximum absolute atomic E-state index is 12.8. The highest BCUT2D eigenvalue weighted by atomic mass is 32.1. The van der Waals surface area contributed by atoms with Crippen molar-refractivity contribution in [3.8, 4) is 5.75 Å². The molecule has 134 valence electrons. The van der Waals surface area contributed by atoms with Crippen LogP contribution < -0.4 is 4.74 Å². The normalized spacial score (nSPS) is 18.2. The molecule has 1 saturated heterocycles. The van der Waals surface area contributed by atoms with Crippen molar-refractivity contribution in [2.75, 3.05) is 26.3 Å². The van der Waals surface area contributed by atoms with Crippen molar-refractivity contribution in [1.82, 2.24) is 4.90 Å². The summed E-state index contributed by atoms with van der Waals surface area (Å²) >= 11 is 1.56. The highest BCUT2D eigenvalue weighted by Crippen LogP contribution is 2.26. The summed E-state index contributed by atoms with van der Waals surface area (Å²) in [4.78, 5) is 16.1. The molecular formula is C20H25NO3S. The maximum atomic E-state index is 12.8. The van der Waals surface area contributed by atoms with E-state index in [1.807, 2.05) is 30.5 Å². The van der Waals surface area contributed by atoms with Crippen LogP contribution in [0.3, 0.4) is 0 Å². The summed E-state index contributed by atoms with van der Waals surface area (Å²) in [5.41, 5.74) is 2.32. The number of ketones is 1. The number of aliphatic hydroxyl groups excluding tert-OH is 1. The van der Waals surface area contributed by atoms with Crippen molar-refractivity contribution in [2.24, 2.45) is 5.92 Å². The number of piperidine rings is 1. The number of hydrogen-bond acceptors (Lipinski definition) is 5. The molecule has 5 heteroatoms. The lowest BCUT2D eigenvalue weighted by atomic mass is 9.92. The van der Waals surface area contributed by atoms with Gasteiger partial charge in [-0.05, 0) is 61.0 Å². The molecule has 1 aliphatic rings. The van der Waals surface area contributed by atoms with Crippen LogP contribution in [0.5, 0.6) is 5.75 Å². The van der Waals surface area contributed by atoms with E-state index in [0.717, 1.165) is 48.7 Å². The molecule has 1 N–H and O–H groups in total. The van der Waals surface area contributed by atoms with Gasteiger partial charge in [0.1, 0.15) is 12.4 Å². The van der Waals surface area contributed by atoms with Crippen LogP contribution in [0, 0.1) is 12.8 Å². The van der Waals surface area contributed by atoms with Crippen LogP contribution in [-0.2, 0) is 6.54 Å². The molecule has 2 heterocycles. The number of hydrogen-bond donors (Lipinski definition) is 1. The second-order valence-electron chi connectivity index (χ2n) is 6.59. The number of aliphatic hydroxyl groups is 1. The first kappa shape index (κ1) is 18.1. The van der Waals surface area contributed by atoms with Gasteiger partial charge in [0.2, 0.25) is 0 Å². The predicted octanol–water partition coefficient (Wildman–Crippen LogP) is 3.52. The highest BCUT2D eigenvalue weighted by molar-refractivity contribution is 7.12. The van der Waals surface area contributed by atoms with Crippen molar-refractivity contribution in [2.45, 2.75) is 26.3 Å². The predicted molar refractivity (Wildman–Crippen MR) is 100 cm³/mol. The van der Waals surface area contributed by atoms with E-state index in [2.05, 4.69) is 17.0 Å². The molecule has 0 aliphatic carbocycles. The third-order valence-corrected chi connectivity index (χ3v) is 5.68. The minimum atomic E-state index is 0.0225. The quantitative estimate of drug-likeness (QED) is 0.769. The van der Waals surface area contributed by atoms with E-state index in [1.165, 1.54) is 5.56 Å². The van der Waals surface area contributed by atoms with Gasteiger partial charge in [-0.3, -0.25) is 9.69 Å². The van der Waals surface area contributed by atoms with Crippen LogP contribution in [0.1, 0.15) is 33.6 Å². The first-order chi connectivity index (χ1) is 12.2. The number of thiophene rings is 1. The molecule has 0 unspecified atom stereocenters.